The fourth-order valence-corrected chi connectivity index (χ4v) is 3.55. The van der Waals surface area contributed by atoms with Crippen LogP contribution in [-0.4, -0.2) is 17.4 Å². The molecule has 0 saturated carbocycles. The van der Waals surface area contributed by atoms with Crippen LogP contribution in [0.2, 0.25) is 10.0 Å². The number of Topliss-reactive ketones (excluding diaryl/α,β-unsaturated/α-hetero) is 1. The monoisotopic (exact) mass is 381 g/mol. The van der Waals surface area contributed by atoms with Gasteiger partial charge in [-0.1, -0.05) is 47.5 Å². The minimum absolute atomic E-state index is 0.00905. The van der Waals surface area contributed by atoms with Crippen LogP contribution in [0.1, 0.15) is 35.8 Å². The van der Waals surface area contributed by atoms with Crippen LogP contribution in [0, 0.1) is 0 Å². The molecule has 0 aliphatic carbocycles. The van der Waals surface area contributed by atoms with Gasteiger partial charge in [0.05, 0.1) is 16.8 Å². The van der Waals surface area contributed by atoms with Gasteiger partial charge in [-0.25, -0.2) is 0 Å². The summed E-state index contributed by atoms with van der Waals surface area (Å²) in [5.41, 5.74) is 1.58. The molecular weight excluding hydrogens is 365 g/mol. The highest BCUT2D eigenvalue weighted by Gasteiger charge is 2.11. The lowest BCUT2D eigenvalue weighted by Gasteiger charge is -2.13. The number of ketones is 1. The van der Waals surface area contributed by atoms with Gasteiger partial charge in [-0.15, -0.1) is 11.8 Å². The second-order valence-corrected chi connectivity index (χ2v) is 7.19. The van der Waals surface area contributed by atoms with Crippen LogP contribution in [-0.2, 0) is 4.79 Å². The Morgan fingerprint density at radius 3 is 2.42 bits per heavy atom. The lowest BCUT2D eigenvalue weighted by Crippen LogP contribution is -2.23. The van der Waals surface area contributed by atoms with Gasteiger partial charge in [0, 0.05) is 22.4 Å². The Morgan fingerprint density at radius 1 is 1.12 bits per heavy atom. The number of thioether (sulfide) groups is 1. The molecule has 2 rings (SSSR count). The summed E-state index contributed by atoms with van der Waals surface area (Å²) in [4.78, 5) is 24.2. The topological polar surface area (TPSA) is 46.2 Å². The lowest BCUT2D eigenvalue weighted by molar-refractivity contribution is -0.119. The number of carbonyl (C=O) groups is 2. The van der Waals surface area contributed by atoms with Gasteiger partial charge in [0.25, 0.3) is 0 Å². The molecule has 0 saturated heterocycles. The van der Waals surface area contributed by atoms with Crippen molar-refractivity contribution in [3.05, 3.63) is 63.6 Å². The molecular formula is C18H17Cl2NO2S. The molecule has 0 aliphatic rings. The van der Waals surface area contributed by atoms with Crippen molar-refractivity contribution in [2.24, 2.45) is 0 Å². The molecule has 0 bridgehead atoms. The molecule has 0 aliphatic heterocycles. The first-order chi connectivity index (χ1) is 11.4. The van der Waals surface area contributed by atoms with Crippen LogP contribution in [0.15, 0.2) is 47.4 Å². The second kappa shape index (κ2) is 8.56. The smallest absolute Gasteiger partial charge is 0.217 e. The van der Waals surface area contributed by atoms with Crippen molar-refractivity contribution in [2.45, 2.75) is 24.8 Å². The molecule has 126 valence electrons. The van der Waals surface area contributed by atoms with Crippen molar-refractivity contribution in [1.29, 1.82) is 0 Å². The summed E-state index contributed by atoms with van der Waals surface area (Å²) in [6, 6.07) is 12.3. The molecule has 6 heteroatoms. The van der Waals surface area contributed by atoms with E-state index in [9.17, 15) is 9.59 Å². The fourth-order valence-electron chi connectivity index (χ4n) is 2.16. The Morgan fingerprint density at radius 2 is 1.79 bits per heavy atom. The largest absolute Gasteiger partial charge is 0.350 e. The van der Waals surface area contributed by atoms with Crippen LogP contribution in [0.25, 0.3) is 0 Å². The fraction of sp³-hybridized carbons (Fsp3) is 0.222. The normalized spacial score (nSPS) is 11.8. The SMILES string of the molecule is CC(=O)N[C@@H](C)c1ccc(C(=O)CSc2cc(Cl)ccc2Cl)cc1. The van der Waals surface area contributed by atoms with E-state index in [1.54, 1.807) is 30.3 Å². The van der Waals surface area contributed by atoms with E-state index >= 15 is 0 Å². The predicted octanol–water partition coefficient (Wildman–Crippen LogP) is 5.17. The van der Waals surface area contributed by atoms with Gasteiger partial charge in [0.2, 0.25) is 5.91 Å². The average Bonchev–Trinajstić information content (AvgIpc) is 2.55. The first-order valence-corrected chi connectivity index (χ1v) is 9.09. The maximum atomic E-state index is 12.3. The first-order valence-electron chi connectivity index (χ1n) is 7.35. The number of halogens is 2. The van der Waals surface area contributed by atoms with Gasteiger partial charge in [-0.2, -0.15) is 0 Å². The number of benzene rings is 2. The van der Waals surface area contributed by atoms with Gasteiger partial charge in [-0.3, -0.25) is 9.59 Å². The highest BCUT2D eigenvalue weighted by molar-refractivity contribution is 8.00. The molecule has 1 atom stereocenters. The van der Waals surface area contributed by atoms with E-state index in [0.29, 0.717) is 15.6 Å². The van der Waals surface area contributed by atoms with Crippen LogP contribution >= 0.6 is 35.0 Å². The summed E-state index contributed by atoms with van der Waals surface area (Å²) in [6.07, 6.45) is 0. The molecule has 0 aromatic heterocycles. The Hall–Kier alpha value is -1.49. The van der Waals surface area contributed by atoms with E-state index in [2.05, 4.69) is 5.32 Å². The van der Waals surface area contributed by atoms with Crippen LogP contribution < -0.4 is 5.32 Å². The highest BCUT2D eigenvalue weighted by atomic mass is 35.5. The van der Waals surface area contributed by atoms with E-state index in [1.807, 2.05) is 19.1 Å². The zero-order chi connectivity index (χ0) is 17.7. The lowest BCUT2D eigenvalue weighted by atomic mass is 10.0. The van der Waals surface area contributed by atoms with Crippen molar-refractivity contribution in [3.63, 3.8) is 0 Å². The van der Waals surface area contributed by atoms with Gasteiger partial charge < -0.3 is 5.32 Å². The van der Waals surface area contributed by atoms with Crippen LogP contribution in [0.3, 0.4) is 0 Å². The second-order valence-electron chi connectivity index (χ2n) is 5.33. The number of rotatable bonds is 6. The number of carbonyl (C=O) groups excluding carboxylic acids is 2. The summed E-state index contributed by atoms with van der Waals surface area (Å²) in [7, 11) is 0. The van der Waals surface area contributed by atoms with Crippen molar-refractivity contribution < 1.29 is 9.59 Å². The van der Waals surface area contributed by atoms with Gasteiger partial charge >= 0.3 is 0 Å². The molecule has 3 nitrogen and oxygen atoms in total. The van der Waals surface area contributed by atoms with E-state index < -0.39 is 0 Å². The molecule has 1 amide bonds. The minimum atomic E-state index is -0.0914. The van der Waals surface area contributed by atoms with Crippen molar-refractivity contribution >= 4 is 46.7 Å². The first kappa shape index (κ1) is 18.8. The number of amides is 1. The van der Waals surface area contributed by atoms with Gasteiger partial charge in [0.15, 0.2) is 5.78 Å². The molecule has 0 spiro atoms. The van der Waals surface area contributed by atoms with E-state index in [1.165, 1.54) is 18.7 Å². The summed E-state index contributed by atoms with van der Waals surface area (Å²) in [5.74, 6) is 0.202. The molecule has 24 heavy (non-hydrogen) atoms. The van der Waals surface area contributed by atoms with Gasteiger partial charge in [0.1, 0.15) is 0 Å². The van der Waals surface area contributed by atoms with Gasteiger partial charge in [-0.05, 0) is 30.7 Å². The molecule has 0 fully saturated rings. The molecule has 2 aromatic rings. The predicted molar refractivity (Wildman–Crippen MR) is 100 cm³/mol. The van der Waals surface area contributed by atoms with E-state index in [0.717, 1.165) is 10.5 Å². The Kier molecular flexibility index (Phi) is 6.72. The Labute approximate surface area is 155 Å². The summed E-state index contributed by atoms with van der Waals surface area (Å²) >= 11 is 13.4. The summed E-state index contributed by atoms with van der Waals surface area (Å²) < 4.78 is 0. The molecule has 0 unspecified atom stereocenters. The Bertz CT molecular complexity index is 747. The third kappa shape index (κ3) is 5.26. The van der Waals surface area contributed by atoms with Crippen LogP contribution in [0.4, 0.5) is 0 Å². The third-order valence-electron chi connectivity index (χ3n) is 3.40. The maximum Gasteiger partial charge on any atom is 0.217 e. The number of hydrogen-bond donors (Lipinski definition) is 1. The standard InChI is InChI=1S/C18H17Cl2NO2S/c1-11(21-12(2)22)13-3-5-14(6-4-13)17(23)10-24-18-9-15(19)7-8-16(18)20/h3-9,11H,10H2,1-2H3,(H,21,22)/t11-/m0/s1. The zero-order valence-corrected chi connectivity index (χ0v) is 15.6. The number of nitrogens with one attached hydrogen (secondary N) is 1. The molecule has 1 N–H and O–H groups in total. The van der Waals surface area contributed by atoms with Crippen molar-refractivity contribution in [1.82, 2.24) is 5.32 Å². The van der Waals surface area contributed by atoms with E-state index in [-0.39, 0.29) is 23.5 Å². The summed E-state index contributed by atoms with van der Waals surface area (Å²) in [6.45, 7) is 3.38. The summed E-state index contributed by atoms with van der Waals surface area (Å²) in [5, 5.41) is 3.98. The number of hydrogen-bond acceptors (Lipinski definition) is 3. The molecule has 0 heterocycles. The quantitative estimate of drug-likeness (QED) is 0.554. The highest BCUT2D eigenvalue weighted by Crippen LogP contribution is 2.30. The maximum absolute atomic E-state index is 12.3. The molecule has 0 radical (unpaired) electrons. The third-order valence-corrected chi connectivity index (χ3v) is 5.14. The minimum Gasteiger partial charge on any atom is -0.350 e. The van der Waals surface area contributed by atoms with Crippen molar-refractivity contribution in [2.75, 3.05) is 5.75 Å². The van der Waals surface area contributed by atoms with Crippen molar-refractivity contribution in [3.8, 4) is 0 Å². The Balaban J connectivity index is 2.00. The molecule has 2 aromatic carbocycles. The zero-order valence-electron chi connectivity index (χ0n) is 13.3. The van der Waals surface area contributed by atoms with Crippen LogP contribution in [0.5, 0.6) is 0 Å². The van der Waals surface area contributed by atoms with E-state index in [4.69, 9.17) is 23.2 Å². The average molecular weight is 382 g/mol.